The van der Waals surface area contributed by atoms with Crippen molar-refractivity contribution in [3.8, 4) is 0 Å². The van der Waals surface area contributed by atoms with E-state index in [1.54, 1.807) is 12.3 Å². The molecule has 0 unspecified atom stereocenters. The Morgan fingerprint density at radius 1 is 1.28 bits per heavy atom. The summed E-state index contributed by atoms with van der Waals surface area (Å²) in [7, 11) is 0. The van der Waals surface area contributed by atoms with Crippen LogP contribution in [0.1, 0.15) is 5.56 Å². The summed E-state index contributed by atoms with van der Waals surface area (Å²) in [4.78, 5) is 4.22. The molecular formula is C12H10BrCl2N3. The van der Waals surface area contributed by atoms with E-state index in [4.69, 9.17) is 28.9 Å². The van der Waals surface area contributed by atoms with E-state index in [2.05, 4.69) is 26.2 Å². The summed E-state index contributed by atoms with van der Waals surface area (Å²) in [6.07, 6.45) is 1.70. The van der Waals surface area contributed by atoms with E-state index < -0.39 is 0 Å². The van der Waals surface area contributed by atoms with Crippen LogP contribution in [0, 0.1) is 6.92 Å². The number of aromatic nitrogens is 1. The number of hydrogen-bond donors (Lipinski definition) is 2. The molecule has 0 atom stereocenters. The zero-order valence-corrected chi connectivity index (χ0v) is 12.6. The van der Waals surface area contributed by atoms with E-state index in [0.29, 0.717) is 27.2 Å². The molecule has 1 aromatic carbocycles. The molecule has 0 amide bonds. The van der Waals surface area contributed by atoms with E-state index in [-0.39, 0.29) is 0 Å². The van der Waals surface area contributed by atoms with Gasteiger partial charge in [0.2, 0.25) is 0 Å². The molecule has 2 aromatic rings. The van der Waals surface area contributed by atoms with E-state index in [9.17, 15) is 0 Å². The molecule has 0 saturated carbocycles. The number of nitrogen functional groups attached to an aromatic ring is 1. The Balaban J connectivity index is 2.34. The highest BCUT2D eigenvalue weighted by Crippen LogP contribution is 2.37. The minimum atomic E-state index is 0.437. The fourth-order valence-corrected chi connectivity index (χ4v) is 2.19. The second kappa shape index (κ2) is 5.34. The lowest BCUT2D eigenvalue weighted by Gasteiger charge is -2.10. The minimum Gasteiger partial charge on any atom is -0.398 e. The van der Waals surface area contributed by atoms with Gasteiger partial charge in [-0.15, -0.1) is 0 Å². The van der Waals surface area contributed by atoms with Gasteiger partial charge in [0, 0.05) is 22.4 Å². The fraction of sp³-hybridized carbons (Fsp3) is 0.0833. The summed E-state index contributed by atoms with van der Waals surface area (Å²) in [6, 6.07) is 5.38. The fourth-order valence-electron chi connectivity index (χ4n) is 1.37. The van der Waals surface area contributed by atoms with Crippen molar-refractivity contribution in [1.29, 1.82) is 0 Å². The highest BCUT2D eigenvalue weighted by Gasteiger charge is 2.09. The number of pyridine rings is 1. The minimum absolute atomic E-state index is 0.437. The van der Waals surface area contributed by atoms with Gasteiger partial charge >= 0.3 is 0 Å². The van der Waals surface area contributed by atoms with Gasteiger partial charge in [0.05, 0.1) is 15.7 Å². The zero-order valence-electron chi connectivity index (χ0n) is 9.47. The molecule has 0 saturated heterocycles. The Kier molecular flexibility index (Phi) is 4.00. The standard InChI is InChI=1S/C12H10BrCl2N3/c1-6-5-17-10(4-8(6)16)18-9-3-2-7(13)11(14)12(9)15/h2-5H,1H3,(H3,16,17,18). The van der Waals surface area contributed by atoms with Crippen molar-refractivity contribution >= 4 is 56.3 Å². The third-order valence-electron chi connectivity index (χ3n) is 2.44. The topological polar surface area (TPSA) is 50.9 Å². The molecule has 0 aliphatic carbocycles. The van der Waals surface area contributed by atoms with E-state index in [1.807, 2.05) is 19.1 Å². The van der Waals surface area contributed by atoms with Crippen molar-refractivity contribution in [2.24, 2.45) is 0 Å². The zero-order chi connectivity index (χ0) is 13.3. The van der Waals surface area contributed by atoms with Crippen LogP contribution in [-0.2, 0) is 0 Å². The van der Waals surface area contributed by atoms with Crippen LogP contribution < -0.4 is 11.1 Å². The van der Waals surface area contributed by atoms with Gasteiger partial charge in [-0.05, 0) is 40.5 Å². The van der Waals surface area contributed by atoms with Crippen LogP contribution in [0.2, 0.25) is 10.0 Å². The predicted octanol–water partition coefficient (Wildman–Crippen LogP) is 4.79. The monoisotopic (exact) mass is 345 g/mol. The van der Waals surface area contributed by atoms with Gasteiger partial charge in [0.15, 0.2) is 0 Å². The average molecular weight is 347 g/mol. The largest absolute Gasteiger partial charge is 0.398 e. The van der Waals surface area contributed by atoms with Crippen LogP contribution in [0.3, 0.4) is 0 Å². The molecule has 0 fully saturated rings. The molecule has 0 radical (unpaired) electrons. The van der Waals surface area contributed by atoms with Crippen molar-refractivity contribution in [2.45, 2.75) is 6.92 Å². The summed E-state index contributed by atoms with van der Waals surface area (Å²) in [6.45, 7) is 1.90. The number of aryl methyl sites for hydroxylation is 1. The second-order valence-electron chi connectivity index (χ2n) is 3.77. The molecule has 94 valence electrons. The van der Waals surface area contributed by atoms with Crippen LogP contribution in [0.4, 0.5) is 17.2 Å². The van der Waals surface area contributed by atoms with Crippen molar-refractivity contribution in [3.05, 3.63) is 44.5 Å². The van der Waals surface area contributed by atoms with Crippen LogP contribution >= 0.6 is 39.1 Å². The average Bonchev–Trinajstić information content (AvgIpc) is 2.34. The van der Waals surface area contributed by atoms with Crippen LogP contribution in [0.5, 0.6) is 0 Å². The molecule has 6 heteroatoms. The molecular weight excluding hydrogens is 337 g/mol. The molecule has 1 aromatic heterocycles. The Labute approximate surface area is 123 Å². The van der Waals surface area contributed by atoms with Gasteiger partial charge in [-0.1, -0.05) is 23.2 Å². The quantitative estimate of drug-likeness (QED) is 0.769. The number of rotatable bonds is 2. The lowest BCUT2D eigenvalue weighted by atomic mass is 10.2. The molecule has 1 heterocycles. The van der Waals surface area contributed by atoms with Gasteiger partial charge in [-0.25, -0.2) is 4.98 Å². The Hall–Kier alpha value is -0.970. The maximum absolute atomic E-state index is 6.14. The van der Waals surface area contributed by atoms with Gasteiger partial charge in [0.25, 0.3) is 0 Å². The summed E-state index contributed by atoms with van der Waals surface area (Å²) < 4.78 is 0.746. The first kappa shape index (κ1) is 13.5. The normalized spacial score (nSPS) is 10.4. The lowest BCUT2D eigenvalue weighted by Crippen LogP contribution is -1.98. The summed E-state index contributed by atoms with van der Waals surface area (Å²) in [5, 5.41) is 3.98. The second-order valence-corrected chi connectivity index (χ2v) is 5.38. The van der Waals surface area contributed by atoms with E-state index in [0.717, 1.165) is 10.0 Å². The highest BCUT2D eigenvalue weighted by molar-refractivity contribution is 9.10. The molecule has 0 aliphatic rings. The number of anilines is 3. The van der Waals surface area contributed by atoms with Crippen molar-refractivity contribution < 1.29 is 0 Å². The van der Waals surface area contributed by atoms with Gasteiger partial charge in [-0.2, -0.15) is 0 Å². The van der Waals surface area contributed by atoms with Gasteiger partial charge < -0.3 is 11.1 Å². The smallest absolute Gasteiger partial charge is 0.132 e. The van der Waals surface area contributed by atoms with Crippen molar-refractivity contribution in [2.75, 3.05) is 11.1 Å². The predicted molar refractivity (Wildman–Crippen MR) is 80.8 cm³/mol. The highest BCUT2D eigenvalue weighted by atomic mass is 79.9. The van der Waals surface area contributed by atoms with Crippen molar-refractivity contribution in [3.63, 3.8) is 0 Å². The molecule has 0 spiro atoms. The Morgan fingerprint density at radius 3 is 2.67 bits per heavy atom. The molecule has 2 rings (SSSR count). The number of hydrogen-bond acceptors (Lipinski definition) is 3. The third kappa shape index (κ3) is 2.71. The summed E-state index contributed by atoms with van der Waals surface area (Å²) >= 11 is 15.5. The lowest BCUT2D eigenvalue weighted by molar-refractivity contribution is 1.26. The first-order valence-electron chi connectivity index (χ1n) is 5.11. The SMILES string of the molecule is Cc1cnc(Nc2ccc(Br)c(Cl)c2Cl)cc1N. The Bertz CT molecular complexity index is 602. The third-order valence-corrected chi connectivity index (χ3v) is 4.21. The first-order valence-corrected chi connectivity index (χ1v) is 6.66. The maximum Gasteiger partial charge on any atom is 0.132 e. The molecule has 0 aliphatic heterocycles. The molecule has 18 heavy (non-hydrogen) atoms. The summed E-state index contributed by atoms with van der Waals surface area (Å²) in [5.74, 6) is 0.624. The van der Waals surface area contributed by atoms with Gasteiger partial charge in [0.1, 0.15) is 5.82 Å². The number of benzene rings is 1. The number of nitrogens with two attached hydrogens (primary N) is 1. The number of nitrogens with zero attached hydrogens (tertiary/aromatic N) is 1. The Morgan fingerprint density at radius 2 is 2.00 bits per heavy atom. The van der Waals surface area contributed by atoms with E-state index >= 15 is 0 Å². The van der Waals surface area contributed by atoms with Gasteiger partial charge in [-0.3, -0.25) is 0 Å². The maximum atomic E-state index is 6.14. The summed E-state index contributed by atoms with van der Waals surface area (Å²) in [5.41, 5.74) is 8.10. The van der Waals surface area contributed by atoms with Crippen LogP contribution in [0.25, 0.3) is 0 Å². The molecule has 0 bridgehead atoms. The van der Waals surface area contributed by atoms with E-state index in [1.165, 1.54) is 0 Å². The molecule has 3 nitrogen and oxygen atoms in total. The van der Waals surface area contributed by atoms with Crippen LogP contribution in [0.15, 0.2) is 28.9 Å². The number of halogens is 3. The molecule has 3 N–H and O–H groups in total. The van der Waals surface area contributed by atoms with Crippen molar-refractivity contribution in [1.82, 2.24) is 4.98 Å². The van der Waals surface area contributed by atoms with Crippen LogP contribution in [-0.4, -0.2) is 4.98 Å². The number of nitrogens with one attached hydrogen (secondary N) is 1. The first-order chi connectivity index (χ1) is 8.49.